The Hall–Kier alpha value is -1.78. The summed E-state index contributed by atoms with van der Waals surface area (Å²) < 4.78 is 27.5. The van der Waals surface area contributed by atoms with Gasteiger partial charge in [0.25, 0.3) is 5.91 Å². The van der Waals surface area contributed by atoms with Crippen LogP contribution < -0.4 is 5.32 Å². The van der Waals surface area contributed by atoms with Crippen molar-refractivity contribution in [2.75, 3.05) is 18.8 Å². The average Bonchev–Trinajstić information content (AvgIpc) is 3.22. The standard InChI is InChI=1S/C13H17N5O3S2/c1-2-23(20,21)17-6-10-3-4-16-18(10)11(7-17)5-14-13(19)12-8-22-9-15-12/h3-4,8-9,11H,2,5-7H2,1H3,(H,14,19)/t11-/m0/s1. The molecule has 23 heavy (non-hydrogen) atoms. The largest absolute Gasteiger partial charge is 0.348 e. The van der Waals surface area contributed by atoms with Gasteiger partial charge in [0.15, 0.2) is 0 Å². The summed E-state index contributed by atoms with van der Waals surface area (Å²) in [5.74, 6) is -0.214. The predicted octanol–water partition coefficient (Wildman–Crippen LogP) is 0.476. The zero-order valence-electron chi connectivity index (χ0n) is 12.5. The van der Waals surface area contributed by atoms with E-state index in [1.807, 2.05) is 0 Å². The molecule has 0 aromatic carbocycles. The Morgan fingerprint density at radius 1 is 1.52 bits per heavy atom. The minimum atomic E-state index is -3.29. The van der Waals surface area contributed by atoms with Gasteiger partial charge in [-0.15, -0.1) is 11.3 Å². The molecular weight excluding hydrogens is 338 g/mol. The summed E-state index contributed by atoms with van der Waals surface area (Å²) in [5.41, 5.74) is 2.78. The molecule has 0 unspecified atom stereocenters. The van der Waals surface area contributed by atoms with Crippen molar-refractivity contribution in [3.8, 4) is 0 Å². The molecule has 2 aromatic rings. The van der Waals surface area contributed by atoms with E-state index >= 15 is 0 Å². The van der Waals surface area contributed by atoms with E-state index in [0.717, 1.165) is 5.69 Å². The number of amides is 1. The molecule has 10 heteroatoms. The first-order valence-corrected chi connectivity index (χ1v) is 9.73. The third kappa shape index (κ3) is 3.28. The van der Waals surface area contributed by atoms with Crippen LogP contribution in [-0.2, 0) is 16.6 Å². The predicted molar refractivity (Wildman–Crippen MR) is 85.6 cm³/mol. The second-order valence-corrected chi connectivity index (χ2v) is 8.17. The van der Waals surface area contributed by atoms with Gasteiger partial charge in [0.2, 0.25) is 10.0 Å². The van der Waals surface area contributed by atoms with E-state index in [4.69, 9.17) is 0 Å². The smallest absolute Gasteiger partial charge is 0.270 e. The van der Waals surface area contributed by atoms with Crippen molar-refractivity contribution in [2.45, 2.75) is 19.5 Å². The van der Waals surface area contributed by atoms with Gasteiger partial charge >= 0.3 is 0 Å². The van der Waals surface area contributed by atoms with Crippen molar-refractivity contribution in [3.63, 3.8) is 0 Å². The molecule has 1 amide bonds. The molecule has 3 rings (SSSR count). The minimum absolute atomic E-state index is 0.0546. The molecule has 0 aliphatic carbocycles. The highest BCUT2D eigenvalue weighted by atomic mass is 32.2. The molecule has 0 bridgehead atoms. The number of hydrogen-bond donors (Lipinski definition) is 1. The number of carbonyl (C=O) groups is 1. The summed E-state index contributed by atoms with van der Waals surface area (Å²) in [6, 6.07) is 1.56. The van der Waals surface area contributed by atoms with E-state index in [9.17, 15) is 13.2 Å². The van der Waals surface area contributed by atoms with Gasteiger partial charge in [0.05, 0.1) is 29.5 Å². The van der Waals surface area contributed by atoms with Crippen molar-refractivity contribution < 1.29 is 13.2 Å². The number of thiazole rings is 1. The van der Waals surface area contributed by atoms with Gasteiger partial charge in [0.1, 0.15) is 5.69 Å². The van der Waals surface area contributed by atoms with Crippen LogP contribution in [0.4, 0.5) is 0 Å². The molecule has 0 saturated heterocycles. The third-order valence-electron chi connectivity index (χ3n) is 3.77. The SMILES string of the molecule is CCS(=O)(=O)N1Cc2ccnn2[C@@H](CNC(=O)c2cscn2)C1. The molecule has 0 radical (unpaired) electrons. The molecule has 1 aliphatic rings. The van der Waals surface area contributed by atoms with Crippen LogP contribution in [0.2, 0.25) is 0 Å². The number of rotatable bonds is 5. The fourth-order valence-electron chi connectivity index (χ4n) is 2.52. The van der Waals surface area contributed by atoms with E-state index in [0.29, 0.717) is 25.3 Å². The Balaban J connectivity index is 1.74. The van der Waals surface area contributed by atoms with Crippen molar-refractivity contribution in [1.29, 1.82) is 0 Å². The second-order valence-electron chi connectivity index (χ2n) is 5.20. The molecule has 0 saturated carbocycles. The molecule has 1 aliphatic heterocycles. The lowest BCUT2D eigenvalue weighted by Gasteiger charge is -2.33. The number of sulfonamides is 1. The minimum Gasteiger partial charge on any atom is -0.348 e. The highest BCUT2D eigenvalue weighted by Gasteiger charge is 2.32. The van der Waals surface area contributed by atoms with Crippen molar-refractivity contribution >= 4 is 27.3 Å². The summed E-state index contributed by atoms with van der Waals surface area (Å²) in [6.07, 6.45) is 1.65. The third-order valence-corrected chi connectivity index (χ3v) is 6.15. The fraction of sp³-hybridized carbons (Fsp3) is 0.462. The Morgan fingerprint density at radius 3 is 3.04 bits per heavy atom. The molecule has 2 aromatic heterocycles. The van der Waals surface area contributed by atoms with E-state index in [1.54, 1.807) is 34.8 Å². The highest BCUT2D eigenvalue weighted by molar-refractivity contribution is 7.89. The zero-order valence-corrected chi connectivity index (χ0v) is 14.2. The van der Waals surface area contributed by atoms with Crippen LogP contribution in [0.1, 0.15) is 29.1 Å². The number of hydrogen-bond acceptors (Lipinski definition) is 6. The molecule has 8 nitrogen and oxygen atoms in total. The number of nitrogens with one attached hydrogen (secondary N) is 1. The Kier molecular flexibility index (Phi) is 4.46. The normalized spacial score (nSPS) is 18.6. The van der Waals surface area contributed by atoms with Gasteiger partial charge < -0.3 is 5.32 Å². The van der Waals surface area contributed by atoms with Gasteiger partial charge in [-0.1, -0.05) is 0 Å². The van der Waals surface area contributed by atoms with Gasteiger partial charge in [-0.05, 0) is 13.0 Å². The number of fused-ring (bicyclic) bond motifs is 1. The number of nitrogens with zero attached hydrogens (tertiary/aromatic N) is 4. The summed E-state index contributed by atoms with van der Waals surface area (Å²) in [4.78, 5) is 16.0. The molecule has 124 valence electrons. The van der Waals surface area contributed by atoms with E-state index in [1.165, 1.54) is 15.6 Å². The summed E-state index contributed by atoms with van der Waals surface area (Å²) in [6.45, 7) is 2.52. The van der Waals surface area contributed by atoms with Crippen molar-refractivity contribution in [1.82, 2.24) is 24.4 Å². The van der Waals surface area contributed by atoms with Crippen molar-refractivity contribution in [3.05, 3.63) is 34.5 Å². The lowest BCUT2D eigenvalue weighted by molar-refractivity contribution is 0.0938. The molecule has 0 fully saturated rings. The lowest BCUT2D eigenvalue weighted by atomic mass is 10.2. The highest BCUT2D eigenvalue weighted by Crippen LogP contribution is 2.22. The van der Waals surface area contributed by atoms with E-state index in [2.05, 4.69) is 15.4 Å². The Bertz CT molecular complexity index is 784. The molecule has 3 heterocycles. The molecular formula is C13H17N5O3S2. The van der Waals surface area contributed by atoms with Crippen LogP contribution >= 0.6 is 11.3 Å². The van der Waals surface area contributed by atoms with Crippen LogP contribution in [0.15, 0.2) is 23.2 Å². The molecule has 1 N–H and O–H groups in total. The first kappa shape index (κ1) is 16.1. The van der Waals surface area contributed by atoms with Gasteiger partial charge in [-0.25, -0.2) is 13.4 Å². The fourth-order valence-corrected chi connectivity index (χ4v) is 4.15. The summed E-state index contributed by atoms with van der Waals surface area (Å²) in [7, 11) is -3.29. The monoisotopic (exact) mass is 355 g/mol. The van der Waals surface area contributed by atoms with Gasteiger partial charge in [-0.3, -0.25) is 9.48 Å². The van der Waals surface area contributed by atoms with Crippen LogP contribution in [0.25, 0.3) is 0 Å². The quantitative estimate of drug-likeness (QED) is 0.841. The number of carbonyl (C=O) groups excluding carboxylic acids is 1. The Morgan fingerprint density at radius 2 is 2.35 bits per heavy atom. The first-order valence-electron chi connectivity index (χ1n) is 7.18. The van der Waals surface area contributed by atoms with Gasteiger partial charge in [0, 0.05) is 24.7 Å². The van der Waals surface area contributed by atoms with Crippen LogP contribution in [0.3, 0.4) is 0 Å². The Labute approximate surface area is 138 Å². The topological polar surface area (TPSA) is 97.2 Å². The zero-order chi connectivity index (χ0) is 16.4. The maximum atomic E-state index is 12.2. The second kappa shape index (κ2) is 6.38. The van der Waals surface area contributed by atoms with Crippen LogP contribution in [0, 0.1) is 0 Å². The average molecular weight is 355 g/mol. The first-order chi connectivity index (χ1) is 11.0. The lowest BCUT2D eigenvalue weighted by Crippen LogP contribution is -2.45. The van der Waals surface area contributed by atoms with Crippen LogP contribution in [-0.4, -0.2) is 52.2 Å². The van der Waals surface area contributed by atoms with Crippen molar-refractivity contribution in [2.24, 2.45) is 0 Å². The summed E-state index contributed by atoms with van der Waals surface area (Å²) in [5, 5.41) is 8.72. The van der Waals surface area contributed by atoms with Crippen LogP contribution in [0.5, 0.6) is 0 Å². The number of aromatic nitrogens is 3. The molecule has 1 atom stereocenters. The molecule has 0 spiro atoms. The summed E-state index contributed by atoms with van der Waals surface area (Å²) >= 11 is 1.35. The van der Waals surface area contributed by atoms with E-state index in [-0.39, 0.29) is 17.7 Å². The van der Waals surface area contributed by atoms with E-state index < -0.39 is 10.0 Å². The van der Waals surface area contributed by atoms with Gasteiger partial charge in [-0.2, -0.15) is 9.40 Å². The maximum Gasteiger partial charge on any atom is 0.270 e. The maximum absolute atomic E-state index is 12.2.